The van der Waals surface area contributed by atoms with Gasteiger partial charge in [0.2, 0.25) is 0 Å². The van der Waals surface area contributed by atoms with E-state index < -0.39 is 5.91 Å². The summed E-state index contributed by atoms with van der Waals surface area (Å²) in [6, 6.07) is 12.0. The standard InChI is InChI=1S/C20H15N3O3S/c1-4-9-23-15-10-16(25-2)17(26-3)11-18(15)27-20(23)22-19(24)14-7-5-13(12-21)6-8-14/h1,5-8,10-11H,9H2,2-3H3. The second-order valence-electron chi connectivity index (χ2n) is 5.46. The lowest BCUT2D eigenvalue weighted by Gasteiger charge is -2.08. The molecule has 6 nitrogen and oxygen atoms in total. The maximum Gasteiger partial charge on any atom is 0.279 e. The minimum atomic E-state index is -0.407. The minimum absolute atomic E-state index is 0.259. The summed E-state index contributed by atoms with van der Waals surface area (Å²) in [5, 5.41) is 8.86. The Morgan fingerprint density at radius 3 is 2.48 bits per heavy atom. The van der Waals surface area contributed by atoms with Gasteiger partial charge in [-0.2, -0.15) is 10.3 Å². The zero-order chi connectivity index (χ0) is 19.4. The second kappa shape index (κ2) is 7.77. The van der Waals surface area contributed by atoms with Gasteiger partial charge in [-0.15, -0.1) is 6.42 Å². The van der Waals surface area contributed by atoms with E-state index in [1.807, 2.05) is 18.2 Å². The van der Waals surface area contributed by atoms with E-state index in [2.05, 4.69) is 10.9 Å². The Morgan fingerprint density at radius 2 is 1.89 bits per heavy atom. The number of fused-ring (bicyclic) bond motifs is 1. The molecule has 27 heavy (non-hydrogen) atoms. The lowest BCUT2D eigenvalue weighted by molar-refractivity contribution is 0.0998. The van der Waals surface area contributed by atoms with Crippen LogP contribution in [0.15, 0.2) is 41.4 Å². The number of methoxy groups -OCH3 is 2. The van der Waals surface area contributed by atoms with Crippen molar-refractivity contribution in [1.82, 2.24) is 4.57 Å². The lowest BCUT2D eigenvalue weighted by Crippen LogP contribution is -2.16. The van der Waals surface area contributed by atoms with Crippen molar-refractivity contribution < 1.29 is 14.3 Å². The first kappa shape index (κ1) is 18.2. The summed E-state index contributed by atoms with van der Waals surface area (Å²) in [5.74, 6) is 3.34. The van der Waals surface area contributed by atoms with Crippen molar-refractivity contribution in [2.45, 2.75) is 6.54 Å². The fourth-order valence-corrected chi connectivity index (χ4v) is 3.60. The Morgan fingerprint density at radius 1 is 1.22 bits per heavy atom. The minimum Gasteiger partial charge on any atom is -0.493 e. The Kier molecular flexibility index (Phi) is 5.25. The van der Waals surface area contributed by atoms with Gasteiger partial charge in [0, 0.05) is 17.7 Å². The van der Waals surface area contributed by atoms with Crippen molar-refractivity contribution in [2.75, 3.05) is 14.2 Å². The summed E-state index contributed by atoms with van der Waals surface area (Å²) in [6.07, 6.45) is 5.50. The molecule has 0 saturated heterocycles. The number of hydrogen-bond acceptors (Lipinski definition) is 5. The predicted octanol–water partition coefficient (Wildman–Crippen LogP) is 2.97. The Bertz CT molecular complexity index is 1160. The highest BCUT2D eigenvalue weighted by molar-refractivity contribution is 7.16. The molecule has 0 unspecified atom stereocenters. The fraction of sp³-hybridized carbons (Fsp3) is 0.150. The summed E-state index contributed by atoms with van der Waals surface area (Å²) >= 11 is 1.34. The van der Waals surface area contributed by atoms with Crippen LogP contribution in [0.1, 0.15) is 15.9 Å². The van der Waals surface area contributed by atoms with Crippen LogP contribution in [0.3, 0.4) is 0 Å². The maximum absolute atomic E-state index is 12.5. The van der Waals surface area contributed by atoms with E-state index in [9.17, 15) is 4.79 Å². The van der Waals surface area contributed by atoms with E-state index >= 15 is 0 Å². The van der Waals surface area contributed by atoms with Gasteiger partial charge in [0.1, 0.15) is 0 Å². The molecule has 2 aromatic carbocycles. The van der Waals surface area contributed by atoms with Crippen molar-refractivity contribution in [3.8, 4) is 29.9 Å². The molecule has 0 radical (unpaired) electrons. The highest BCUT2D eigenvalue weighted by Crippen LogP contribution is 2.33. The molecule has 134 valence electrons. The van der Waals surface area contributed by atoms with Gasteiger partial charge < -0.3 is 14.0 Å². The number of carbonyl (C=O) groups excluding carboxylic acids is 1. The maximum atomic E-state index is 12.5. The predicted molar refractivity (Wildman–Crippen MR) is 103 cm³/mol. The SMILES string of the molecule is C#CCn1c(=NC(=O)c2ccc(C#N)cc2)sc2cc(OC)c(OC)cc21. The molecule has 1 heterocycles. The van der Waals surface area contributed by atoms with Crippen LogP contribution in [-0.2, 0) is 6.54 Å². The summed E-state index contributed by atoms with van der Waals surface area (Å²) in [6.45, 7) is 0.259. The average molecular weight is 377 g/mol. The van der Waals surface area contributed by atoms with Crippen LogP contribution in [0, 0.1) is 23.7 Å². The summed E-state index contributed by atoms with van der Waals surface area (Å²) in [7, 11) is 3.12. The number of nitriles is 1. The van der Waals surface area contributed by atoms with Crippen LogP contribution < -0.4 is 14.3 Å². The van der Waals surface area contributed by atoms with Gasteiger partial charge in [-0.25, -0.2) is 0 Å². The van der Waals surface area contributed by atoms with Crippen LogP contribution in [0.25, 0.3) is 10.2 Å². The Hall–Kier alpha value is -3.55. The number of nitrogens with zero attached hydrogens (tertiary/aromatic N) is 3. The van der Waals surface area contributed by atoms with Crippen molar-refractivity contribution in [3.05, 3.63) is 52.3 Å². The number of amides is 1. The third-order valence-electron chi connectivity index (χ3n) is 3.90. The summed E-state index contributed by atoms with van der Waals surface area (Å²) < 4.78 is 13.3. The molecule has 0 aliphatic carbocycles. The number of thiazole rings is 1. The van der Waals surface area contributed by atoms with Crippen LogP contribution in [0.5, 0.6) is 11.5 Å². The van der Waals surface area contributed by atoms with Crippen molar-refractivity contribution in [1.29, 1.82) is 5.26 Å². The molecule has 0 saturated carbocycles. The van der Waals surface area contributed by atoms with E-state index in [0.29, 0.717) is 27.4 Å². The molecule has 0 bridgehead atoms. The number of rotatable bonds is 4. The molecular weight excluding hydrogens is 362 g/mol. The number of terminal acetylenes is 1. The number of ether oxygens (including phenoxy) is 2. The zero-order valence-electron chi connectivity index (χ0n) is 14.7. The van der Waals surface area contributed by atoms with E-state index in [1.165, 1.54) is 11.3 Å². The topological polar surface area (TPSA) is 76.6 Å². The lowest BCUT2D eigenvalue weighted by atomic mass is 10.1. The third kappa shape index (κ3) is 3.55. The first-order chi connectivity index (χ1) is 13.1. The van der Waals surface area contributed by atoms with Crippen LogP contribution in [0.2, 0.25) is 0 Å². The molecule has 0 aliphatic heterocycles. The number of carbonyl (C=O) groups is 1. The molecule has 3 rings (SSSR count). The van der Waals surface area contributed by atoms with Gasteiger partial charge in [0.15, 0.2) is 16.3 Å². The third-order valence-corrected chi connectivity index (χ3v) is 4.94. The molecule has 0 atom stereocenters. The molecule has 7 heteroatoms. The van der Waals surface area contributed by atoms with E-state index in [4.69, 9.17) is 21.2 Å². The van der Waals surface area contributed by atoms with Crippen LogP contribution in [-0.4, -0.2) is 24.7 Å². The van der Waals surface area contributed by atoms with E-state index in [1.54, 1.807) is 43.1 Å². The van der Waals surface area contributed by atoms with Crippen LogP contribution >= 0.6 is 11.3 Å². The van der Waals surface area contributed by atoms with Gasteiger partial charge in [0.05, 0.1) is 42.6 Å². The highest BCUT2D eigenvalue weighted by Gasteiger charge is 2.13. The van der Waals surface area contributed by atoms with Crippen molar-refractivity contribution in [2.24, 2.45) is 4.99 Å². The molecule has 0 aliphatic rings. The number of hydrogen-bond donors (Lipinski definition) is 0. The van der Waals surface area contributed by atoms with Gasteiger partial charge >= 0.3 is 0 Å². The Balaban J connectivity index is 2.15. The highest BCUT2D eigenvalue weighted by atomic mass is 32.1. The van der Waals surface area contributed by atoms with Crippen molar-refractivity contribution in [3.63, 3.8) is 0 Å². The quantitative estimate of drug-likeness (QED) is 0.655. The monoisotopic (exact) mass is 377 g/mol. The molecule has 0 spiro atoms. The normalized spacial score (nSPS) is 11.0. The second-order valence-corrected chi connectivity index (χ2v) is 6.47. The summed E-state index contributed by atoms with van der Waals surface area (Å²) in [5.41, 5.74) is 1.69. The molecule has 1 amide bonds. The zero-order valence-corrected chi connectivity index (χ0v) is 15.5. The van der Waals surface area contributed by atoms with Crippen molar-refractivity contribution >= 4 is 27.5 Å². The first-order valence-electron chi connectivity index (χ1n) is 7.89. The average Bonchev–Trinajstić information content (AvgIpc) is 3.03. The molecular formula is C20H15N3O3S. The van der Waals surface area contributed by atoms with Crippen LogP contribution in [0.4, 0.5) is 0 Å². The van der Waals surface area contributed by atoms with Gasteiger partial charge in [-0.1, -0.05) is 17.3 Å². The smallest absolute Gasteiger partial charge is 0.279 e. The van der Waals surface area contributed by atoms with E-state index in [-0.39, 0.29) is 6.54 Å². The molecule has 0 N–H and O–H groups in total. The fourth-order valence-electron chi connectivity index (χ4n) is 2.56. The van der Waals surface area contributed by atoms with Gasteiger partial charge in [-0.05, 0) is 24.3 Å². The van der Waals surface area contributed by atoms with E-state index in [0.717, 1.165) is 10.2 Å². The summed E-state index contributed by atoms with van der Waals surface area (Å²) in [4.78, 5) is 17.2. The largest absolute Gasteiger partial charge is 0.493 e. The molecule has 3 aromatic rings. The first-order valence-corrected chi connectivity index (χ1v) is 8.71. The Labute approximate surface area is 159 Å². The van der Waals surface area contributed by atoms with Gasteiger partial charge in [0.25, 0.3) is 5.91 Å². The number of benzene rings is 2. The molecule has 0 fully saturated rings. The number of aromatic nitrogens is 1. The molecule has 1 aromatic heterocycles. The van der Waals surface area contributed by atoms with Gasteiger partial charge in [-0.3, -0.25) is 4.79 Å².